The number of hydrogen-bond acceptors (Lipinski definition) is 5. The van der Waals surface area contributed by atoms with Crippen molar-refractivity contribution in [2.45, 2.75) is 23.5 Å². The van der Waals surface area contributed by atoms with Crippen LogP contribution < -0.4 is 5.11 Å². The highest BCUT2D eigenvalue weighted by molar-refractivity contribution is 7.92. The number of hydrogen-bond donors (Lipinski definition) is 1. The lowest BCUT2D eigenvalue weighted by Gasteiger charge is -2.16. The van der Waals surface area contributed by atoms with Gasteiger partial charge >= 0.3 is 0 Å². The van der Waals surface area contributed by atoms with Crippen molar-refractivity contribution in [3.8, 4) is 5.75 Å². The van der Waals surface area contributed by atoms with Crippen molar-refractivity contribution < 1.29 is 23.4 Å². The Labute approximate surface area is 93.3 Å². The summed E-state index contributed by atoms with van der Waals surface area (Å²) in [5, 5.41) is 18.1. The van der Waals surface area contributed by atoms with E-state index in [1.807, 2.05) is 0 Å². The molecule has 6 heteroatoms. The summed E-state index contributed by atoms with van der Waals surface area (Å²) in [7, 11) is -3.94. The van der Waals surface area contributed by atoms with Gasteiger partial charge in [0.15, 0.2) is 9.84 Å². The first-order valence-corrected chi connectivity index (χ1v) is 6.18. The average Bonchev–Trinajstić information content (AvgIpc) is 2.18. The van der Waals surface area contributed by atoms with Crippen LogP contribution in [0.5, 0.6) is 5.75 Å². The van der Waals surface area contributed by atoms with Crippen molar-refractivity contribution in [3.05, 3.63) is 24.3 Å². The molecule has 16 heavy (non-hydrogen) atoms. The highest BCUT2D eigenvalue weighted by Crippen LogP contribution is 2.20. The third kappa shape index (κ3) is 2.33. The SMILES string of the molecule is CCC(C(=O)[O-])S(=O)(=O)c1ccc(O)cc1. The van der Waals surface area contributed by atoms with Crippen LogP contribution in [-0.4, -0.2) is 24.7 Å². The first kappa shape index (κ1) is 12.5. The van der Waals surface area contributed by atoms with Crippen LogP contribution >= 0.6 is 0 Å². The minimum atomic E-state index is -3.94. The molecule has 1 aromatic carbocycles. The maximum Gasteiger partial charge on any atom is 0.186 e. The van der Waals surface area contributed by atoms with Crippen molar-refractivity contribution in [2.75, 3.05) is 0 Å². The highest BCUT2D eigenvalue weighted by Gasteiger charge is 2.26. The number of benzene rings is 1. The minimum Gasteiger partial charge on any atom is -0.549 e. The molecule has 0 saturated heterocycles. The van der Waals surface area contributed by atoms with E-state index in [1.54, 1.807) is 0 Å². The van der Waals surface area contributed by atoms with Gasteiger partial charge in [0, 0.05) is 0 Å². The predicted octanol–water partition coefficient (Wildman–Crippen LogP) is -0.306. The summed E-state index contributed by atoms with van der Waals surface area (Å²) < 4.78 is 23.6. The Morgan fingerprint density at radius 3 is 2.25 bits per heavy atom. The normalized spacial score (nSPS) is 13.3. The largest absolute Gasteiger partial charge is 0.549 e. The van der Waals surface area contributed by atoms with Crippen molar-refractivity contribution >= 4 is 15.8 Å². The number of phenolic OH excluding ortho intramolecular Hbond substituents is 1. The molecule has 0 aliphatic heterocycles. The zero-order chi connectivity index (χ0) is 12.3. The first-order chi connectivity index (χ1) is 7.39. The van der Waals surface area contributed by atoms with Gasteiger partial charge in [-0.1, -0.05) is 6.92 Å². The summed E-state index contributed by atoms with van der Waals surface area (Å²) in [4.78, 5) is 10.5. The second kappa shape index (κ2) is 4.52. The fourth-order valence-corrected chi connectivity index (χ4v) is 2.85. The van der Waals surface area contributed by atoms with Gasteiger partial charge in [-0.05, 0) is 30.7 Å². The van der Waals surface area contributed by atoms with Crippen molar-refractivity contribution in [1.29, 1.82) is 0 Å². The third-order valence-corrected chi connectivity index (χ3v) is 4.38. The molecule has 5 nitrogen and oxygen atoms in total. The van der Waals surface area contributed by atoms with Crippen LogP contribution in [0.1, 0.15) is 13.3 Å². The van der Waals surface area contributed by atoms with Crippen LogP contribution in [0.25, 0.3) is 0 Å². The Morgan fingerprint density at radius 1 is 1.38 bits per heavy atom. The third-order valence-electron chi connectivity index (χ3n) is 2.17. The Kier molecular flexibility index (Phi) is 3.54. The minimum absolute atomic E-state index is 0.0639. The summed E-state index contributed by atoms with van der Waals surface area (Å²) in [6.45, 7) is 1.46. The molecule has 0 fully saturated rings. The second-order valence-corrected chi connectivity index (χ2v) is 5.39. The summed E-state index contributed by atoms with van der Waals surface area (Å²) in [6.07, 6.45) is -0.0639. The number of sulfone groups is 1. The molecule has 0 bridgehead atoms. The maximum atomic E-state index is 11.8. The van der Waals surface area contributed by atoms with E-state index < -0.39 is 21.1 Å². The van der Waals surface area contributed by atoms with Gasteiger partial charge in [-0.15, -0.1) is 0 Å². The number of phenols is 1. The molecule has 1 unspecified atom stereocenters. The van der Waals surface area contributed by atoms with Gasteiger partial charge in [-0.25, -0.2) is 8.42 Å². The van der Waals surface area contributed by atoms with Crippen LogP contribution in [0.3, 0.4) is 0 Å². The van der Waals surface area contributed by atoms with Crippen LogP contribution in [0.15, 0.2) is 29.2 Å². The molecule has 0 aliphatic carbocycles. The van der Waals surface area contributed by atoms with E-state index in [1.165, 1.54) is 19.1 Å². The van der Waals surface area contributed by atoms with Gasteiger partial charge < -0.3 is 15.0 Å². The van der Waals surface area contributed by atoms with Crippen molar-refractivity contribution in [2.24, 2.45) is 0 Å². The van der Waals surface area contributed by atoms with E-state index in [4.69, 9.17) is 5.11 Å². The smallest absolute Gasteiger partial charge is 0.186 e. The lowest BCUT2D eigenvalue weighted by molar-refractivity contribution is -0.305. The Bertz CT molecular complexity index is 474. The van der Waals surface area contributed by atoms with Crippen LogP contribution in [-0.2, 0) is 14.6 Å². The molecule has 0 saturated carbocycles. The van der Waals surface area contributed by atoms with Gasteiger partial charge in [-0.2, -0.15) is 0 Å². The van der Waals surface area contributed by atoms with E-state index in [-0.39, 0.29) is 17.1 Å². The molecule has 0 aliphatic rings. The fraction of sp³-hybridized carbons (Fsp3) is 0.300. The maximum absolute atomic E-state index is 11.8. The summed E-state index contributed by atoms with van der Waals surface area (Å²) in [5.74, 6) is -1.70. The van der Waals surface area contributed by atoms with Gasteiger partial charge in [0.05, 0.1) is 10.9 Å². The van der Waals surface area contributed by atoms with Gasteiger partial charge in [-0.3, -0.25) is 0 Å². The lowest BCUT2D eigenvalue weighted by atomic mass is 10.3. The van der Waals surface area contributed by atoms with Crippen LogP contribution in [0.4, 0.5) is 0 Å². The molecule has 1 aromatic rings. The monoisotopic (exact) mass is 243 g/mol. The van der Waals surface area contributed by atoms with Crippen molar-refractivity contribution in [1.82, 2.24) is 0 Å². The van der Waals surface area contributed by atoms with E-state index >= 15 is 0 Å². The zero-order valence-corrected chi connectivity index (χ0v) is 9.40. The fourth-order valence-electron chi connectivity index (χ4n) is 1.31. The summed E-state index contributed by atoms with van der Waals surface area (Å²) >= 11 is 0. The molecule has 1 atom stereocenters. The molecule has 0 amide bonds. The molecule has 0 aromatic heterocycles. The lowest BCUT2D eigenvalue weighted by Crippen LogP contribution is -2.40. The molecule has 1 rings (SSSR count). The van der Waals surface area contributed by atoms with E-state index in [9.17, 15) is 18.3 Å². The van der Waals surface area contributed by atoms with E-state index in [0.29, 0.717) is 0 Å². The van der Waals surface area contributed by atoms with Gasteiger partial charge in [0.25, 0.3) is 0 Å². The molecule has 0 heterocycles. The number of carboxylic acid groups (broad SMARTS) is 1. The first-order valence-electron chi connectivity index (χ1n) is 4.63. The number of aromatic hydroxyl groups is 1. The standard InChI is InChI=1S/C10H12O5S/c1-2-9(10(12)13)16(14,15)8-5-3-7(11)4-6-8/h3-6,9,11H,2H2,1H3,(H,12,13)/p-1. The molecule has 1 N–H and O–H groups in total. The van der Waals surface area contributed by atoms with Gasteiger partial charge in [0.2, 0.25) is 0 Å². The summed E-state index contributed by atoms with van der Waals surface area (Å²) in [6, 6.07) is 4.70. The molecule has 0 radical (unpaired) electrons. The zero-order valence-electron chi connectivity index (χ0n) is 8.58. The highest BCUT2D eigenvalue weighted by atomic mass is 32.2. The summed E-state index contributed by atoms with van der Waals surface area (Å²) in [5.41, 5.74) is 0. The van der Waals surface area contributed by atoms with E-state index in [2.05, 4.69) is 0 Å². The number of rotatable bonds is 4. The average molecular weight is 243 g/mol. The molecule has 0 spiro atoms. The topological polar surface area (TPSA) is 94.5 Å². The number of carboxylic acids is 1. The quantitative estimate of drug-likeness (QED) is 0.783. The molecule has 88 valence electrons. The van der Waals surface area contributed by atoms with Crippen molar-refractivity contribution in [3.63, 3.8) is 0 Å². The Morgan fingerprint density at radius 2 is 1.88 bits per heavy atom. The second-order valence-electron chi connectivity index (χ2n) is 3.25. The van der Waals surface area contributed by atoms with Crippen LogP contribution in [0, 0.1) is 0 Å². The number of carbonyl (C=O) groups is 1. The molecular formula is C10H11O5S-. The number of aliphatic carboxylic acids is 1. The predicted molar refractivity (Wildman–Crippen MR) is 54.4 cm³/mol. The van der Waals surface area contributed by atoms with Crippen LogP contribution in [0.2, 0.25) is 0 Å². The molecular weight excluding hydrogens is 232 g/mol. The number of carbonyl (C=O) groups excluding carboxylic acids is 1. The van der Waals surface area contributed by atoms with E-state index in [0.717, 1.165) is 12.1 Å². The van der Waals surface area contributed by atoms with Gasteiger partial charge in [0.1, 0.15) is 11.0 Å². The Balaban J connectivity index is 3.20. The Hall–Kier alpha value is -1.56.